The maximum absolute atomic E-state index is 12.5. The van der Waals surface area contributed by atoms with E-state index in [9.17, 15) is 14.9 Å². The highest BCUT2D eigenvalue weighted by molar-refractivity contribution is 9.10. The molecule has 0 aromatic heterocycles. The molecule has 1 aromatic rings. The third-order valence-corrected chi connectivity index (χ3v) is 3.43. The molecule has 106 valence electrons. The van der Waals surface area contributed by atoms with E-state index < -0.39 is 4.92 Å². The number of hydrogen-bond acceptors (Lipinski definition) is 4. The average molecular weight is 340 g/mol. The number of non-ortho nitro benzene ring substituents is 1. The van der Waals surface area contributed by atoms with Crippen molar-refractivity contribution in [2.24, 2.45) is 0 Å². The Morgan fingerprint density at radius 1 is 1.55 bits per heavy atom. The Kier molecular flexibility index (Phi) is 5.65. The van der Waals surface area contributed by atoms with Crippen LogP contribution >= 0.6 is 15.9 Å². The van der Waals surface area contributed by atoms with E-state index >= 15 is 0 Å². The van der Waals surface area contributed by atoms with Crippen LogP contribution in [-0.4, -0.2) is 28.3 Å². The molecule has 0 heterocycles. The highest BCUT2D eigenvalue weighted by Gasteiger charge is 2.22. The highest BCUT2D eigenvalue weighted by Crippen LogP contribution is 2.24. The zero-order valence-electron chi connectivity index (χ0n) is 11.2. The molecule has 0 fully saturated rings. The summed E-state index contributed by atoms with van der Waals surface area (Å²) < 4.78 is 0.496. The maximum Gasteiger partial charge on any atom is 0.270 e. The Bertz CT molecular complexity index is 566. The molecule has 6 nitrogen and oxygen atoms in total. The molecule has 0 aliphatic carbocycles. The van der Waals surface area contributed by atoms with E-state index in [-0.39, 0.29) is 29.6 Å². The molecule has 0 saturated heterocycles. The largest absolute Gasteiger partial charge is 0.335 e. The number of amides is 1. The summed E-state index contributed by atoms with van der Waals surface area (Å²) in [7, 11) is 0. The van der Waals surface area contributed by atoms with Crippen molar-refractivity contribution in [3.05, 3.63) is 38.3 Å². The average Bonchev–Trinajstić information content (AvgIpc) is 2.38. The van der Waals surface area contributed by atoms with Gasteiger partial charge in [-0.25, -0.2) is 0 Å². The van der Waals surface area contributed by atoms with E-state index in [4.69, 9.17) is 5.26 Å². The first-order chi connectivity index (χ1) is 9.38. The van der Waals surface area contributed by atoms with Crippen LogP contribution in [0.5, 0.6) is 0 Å². The Balaban J connectivity index is 3.14. The lowest BCUT2D eigenvalue weighted by molar-refractivity contribution is -0.384. The monoisotopic (exact) mass is 339 g/mol. The number of nitro benzene ring substituents is 1. The van der Waals surface area contributed by atoms with Gasteiger partial charge in [0.25, 0.3) is 11.6 Å². The number of hydrogen-bond donors (Lipinski definition) is 0. The Hall–Kier alpha value is -1.94. The quantitative estimate of drug-likeness (QED) is 0.609. The van der Waals surface area contributed by atoms with Crippen LogP contribution in [0.15, 0.2) is 22.7 Å². The molecule has 0 N–H and O–H groups in total. The van der Waals surface area contributed by atoms with E-state index in [0.717, 1.165) is 0 Å². The molecule has 0 unspecified atom stereocenters. The smallest absolute Gasteiger partial charge is 0.270 e. The van der Waals surface area contributed by atoms with E-state index in [1.165, 1.54) is 23.1 Å². The van der Waals surface area contributed by atoms with Gasteiger partial charge in [-0.3, -0.25) is 14.9 Å². The predicted octanol–water partition coefficient (Wildman–Crippen LogP) is 3.12. The molecule has 1 rings (SSSR count). The lowest BCUT2D eigenvalue weighted by Gasteiger charge is -2.26. The number of carbonyl (C=O) groups excluding carboxylic acids is 1. The van der Waals surface area contributed by atoms with Crippen molar-refractivity contribution in [2.45, 2.75) is 26.3 Å². The zero-order chi connectivity index (χ0) is 15.3. The fourth-order valence-electron chi connectivity index (χ4n) is 1.71. The first kappa shape index (κ1) is 16.1. The van der Waals surface area contributed by atoms with Crippen molar-refractivity contribution < 1.29 is 9.72 Å². The Morgan fingerprint density at radius 3 is 2.70 bits per heavy atom. The summed E-state index contributed by atoms with van der Waals surface area (Å²) in [4.78, 5) is 24.2. The molecule has 7 heteroatoms. The number of nitrogens with zero attached hydrogens (tertiary/aromatic N) is 3. The fraction of sp³-hybridized carbons (Fsp3) is 0.385. The third kappa shape index (κ3) is 3.78. The van der Waals surface area contributed by atoms with Gasteiger partial charge in [-0.1, -0.05) is 0 Å². The van der Waals surface area contributed by atoms with Crippen molar-refractivity contribution in [1.82, 2.24) is 4.90 Å². The molecule has 0 bridgehead atoms. The molecule has 0 aliphatic rings. The number of rotatable bonds is 5. The van der Waals surface area contributed by atoms with Gasteiger partial charge in [0.05, 0.1) is 23.0 Å². The van der Waals surface area contributed by atoms with Crippen LogP contribution in [0.1, 0.15) is 30.6 Å². The first-order valence-electron chi connectivity index (χ1n) is 6.00. The zero-order valence-corrected chi connectivity index (χ0v) is 12.8. The van der Waals surface area contributed by atoms with Gasteiger partial charge in [0.15, 0.2) is 0 Å². The standard InChI is InChI=1S/C13H14BrN3O3/c1-9(2)16(7-3-6-15)13(18)11-8-10(17(19)20)4-5-12(11)14/h4-5,8-9H,3,7H2,1-2H3. The molecule has 0 saturated carbocycles. The van der Waals surface area contributed by atoms with Crippen molar-refractivity contribution in [1.29, 1.82) is 5.26 Å². The van der Waals surface area contributed by atoms with Gasteiger partial charge in [0.1, 0.15) is 0 Å². The van der Waals surface area contributed by atoms with Gasteiger partial charge in [0, 0.05) is 29.2 Å². The van der Waals surface area contributed by atoms with E-state index in [1.807, 2.05) is 19.9 Å². The SMILES string of the molecule is CC(C)N(CCC#N)C(=O)c1cc([N+](=O)[O-])ccc1Br. The normalized spacial score (nSPS) is 10.2. The molecule has 1 aromatic carbocycles. The highest BCUT2D eigenvalue weighted by atomic mass is 79.9. The first-order valence-corrected chi connectivity index (χ1v) is 6.79. The fourth-order valence-corrected chi connectivity index (χ4v) is 2.13. The van der Waals surface area contributed by atoms with Crippen LogP contribution in [0, 0.1) is 21.4 Å². The van der Waals surface area contributed by atoms with Gasteiger partial charge in [0.2, 0.25) is 0 Å². The molecule has 0 atom stereocenters. The minimum Gasteiger partial charge on any atom is -0.335 e. The third-order valence-electron chi connectivity index (χ3n) is 2.74. The predicted molar refractivity (Wildman–Crippen MR) is 77.2 cm³/mol. The van der Waals surface area contributed by atoms with Gasteiger partial charge in [-0.2, -0.15) is 5.26 Å². The lowest BCUT2D eigenvalue weighted by Crippen LogP contribution is -2.37. The van der Waals surface area contributed by atoms with Crippen molar-refractivity contribution in [3.8, 4) is 6.07 Å². The minimum absolute atomic E-state index is 0.0954. The summed E-state index contributed by atoms with van der Waals surface area (Å²) in [6, 6.07) is 5.95. The van der Waals surface area contributed by atoms with E-state index in [0.29, 0.717) is 11.0 Å². The molecular weight excluding hydrogens is 326 g/mol. The van der Waals surface area contributed by atoms with Crippen LogP contribution in [0.4, 0.5) is 5.69 Å². The summed E-state index contributed by atoms with van der Waals surface area (Å²) in [5.74, 6) is -0.328. The Labute approximate surface area is 125 Å². The van der Waals surface area contributed by atoms with Gasteiger partial charge in [-0.15, -0.1) is 0 Å². The molecule has 1 amide bonds. The van der Waals surface area contributed by atoms with Gasteiger partial charge < -0.3 is 4.90 Å². The summed E-state index contributed by atoms with van der Waals surface area (Å²) in [5.41, 5.74) is 0.0892. The second-order valence-electron chi connectivity index (χ2n) is 4.42. The summed E-state index contributed by atoms with van der Waals surface area (Å²) in [6.45, 7) is 3.96. The lowest BCUT2D eigenvalue weighted by atomic mass is 10.1. The number of nitro groups is 1. The molecule has 20 heavy (non-hydrogen) atoms. The molecular formula is C13H14BrN3O3. The van der Waals surface area contributed by atoms with Gasteiger partial charge in [-0.05, 0) is 35.8 Å². The number of halogens is 1. The van der Waals surface area contributed by atoms with Crippen LogP contribution in [-0.2, 0) is 0 Å². The van der Waals surface area contributed by atoms with Crippen molar-refractivity contribution in [2.75, 3.05) is 6.54 Å². The van der Waals surface area contributed by atoms with Crippen molar-refractivity contribution >= 4 is 27.5 Å². The molecule has 0 aliphatic heterocycles. The number of benzene rings is 1. The maximum atomic E-state index is 12.5. The molecule has 0 radical (unpaired) electrons. The van der Waals surface area contributed by atoms with E-state index in [2.05, 4.69) is 15.9 Å². The minimum atomic E-state index is -0.543. The van der Waals surface area contributed by atoms with Crippen molar-refractivity contribution in [3.63, 3.8) is 0 Å². The topological polar surface area (TPSA) is 87.2 Å². The molecule has 0 spiro atoms. The summed E-state index contributed by atoms with van der Waals surface area (Å²) >= 11 is 3.23. The number of carbonyl (C=O) groups is 1. The van der Waals surface area contributed by atoms with Crippen LogP contribution in [0.3, 0.4) is 0 Å². The second kappa shape index (κ2) is 7.01. The second-order valence-corrected chi connectivity index (χ2v) is 5.28. The van der Waals surface area contributed by atoms with Gasteiger partial charge >= 0.3 is 0 Å². The van der Waals surface area contributed by atoms with Crippen LogP contribution in [0.25, 0.3) is 0 Å². The number of nitriles is 1. The van der Waals surface area contributed by atoms with E-state index in [1.54, 1.807) is 0 Å². The summed E-state index contributed by atoms with van der Waals surface area (Å²) in [5, 5.41) is 19.4. The summed E-state index contributed by atoms with van der Waals surface area (Å²) in [6.07, 6.45) is 0.219. The van der Waals surface area contributed by atoms with Crippen LogP contribution < -0.4 is 0 Å². The van der Waals surface area contributed by atoms with Crippen LogP contribution in [0.2, 0.25) is 0 Å². The Morgan fingerprint density at radius 2 is 2.20 bits per heavy atom.